The van der Waals surface area contributed by atoms with E-state index in [4.69, 9.17) is 0 Å². The number of aromatic nitrogens is 2. The lowest BCUT2D eigenvalue weighted by molar-refractivity contribution is -0.143. The maximum atomic E-state index is 13.9. The minimum absolute atomic E-state index is 0.0354. The molecule has 3 rings (SSSR count). The van der Waals surface area contributed by atoms with Crippen molar-refractivity contribution in [1.29, 1.82) is 0 Å². The number of hydrogen-bond acceptors (Lipinski definition) is 2. The van der Waals surface area contributed by atoms with E-state index >= 15 is 0 Å². The van der Waals surface area contributed by atoms with Crippen LogP contribution in [0.2, 0.25) is 0 Å². The number of alkyl halides is 6. The van der Waals surface area contributed by atoms with Gasteiger partial charge in [0, 0.05) is 6.54 Å². The third-order valence-electron chi connectivity index (χ3n) is 4.07. The van der Waals surface area contributed by atoms with E-state index < -0.39 is 53.1 Å². The number of halogens is 7. The third-order valence-corrected chi connectivity index (χ3v) is 4.07. The zero-order valence-electron chi connectivity index (χ0n) is 14.9. The van der Waals surface area contributed by atoms with E-state index in [1.54, 1.807) is 0 Å². The second-order valence-corrected chi connectivity index (χ2v) is 6.15. The van der Waals surface area contributed by atoms with Crippen molar-refractivity contribution in [2.75, 3.05) is 0 Å². The molecule has 0 saturated heterocycles. The van der Waals surface area contributed by atoms with E-state index in [1.807, 2.05) is 0 Å². The number of carbonyl (C=O) groups is 1. The van der Waals surface area contributed by atoms with Crippen molar-refractivity contribution in [2.24, 2.45) is 0 Å². The summed E-state index contributed by atoms with van der Waals surface area (Å²) in [5, 5.41) is 5.62. The molecule has 2 aromatic carbocycles. The Bertz CT molecular complexity index is 1070. The number of benzene rings is 2. The van der Waals surface area contributed by atoms with Gasteiger partial charge in [-0.1, -0.05) is 24.3 Å². The molecule has 30 heavy (non-hydrogen) atoms. The van der Waals surface area contributed by atoms with Crippen molar-refractivity contribution in [3.63, 3.8) is 0 Å². The molecule has 0 radical (unpaired) electrons. The number of hydrogen-bond donors (Lipinski definition) is 1. The summed E-state index contributed by atoms with van der Waals surface area (Å²) in [6.45, 7) is -0.453. The summed E-state index contributed by atoms with van der Waals surface area (Å²) in [5.41, 5.74) is -3.83. The highest BCUT2D eigenvalue weighted by molar-refractivity contribution is 5.95. The number of rotatable bonds is 4. The van der Waals surface area contributed by atoms with Crippen LogP contribution in [0, 0.1) is 5.82 Å². The summed E-state index contributed by atoms with van der Waals surface area (Å²) in [7, 11) is 0. The first kappa shape index (κ1) is 21.3. The Morgan fingerprint density at radius 3 is 2.30 bits per heavy atom. The molecule has 0 atom stereocenters. The topological polar surface area (TPSA) is 46.9 Å². The van der Waals surface area contributed by atoms with Gasteiger partial charge in [0.1, 0.15) is 11.5 Å². The van der Waals surface area contributed by atoms with Crippen molar-refractivity contribution in [3.05, 3.63) is 82.9 Å². The average Bonchev–Trinajstić information content (AvgIpc) is 3.11. The van der Waals surface area contributed by atoms with Gasteiger partial charge < -0.3 is 5.32 Å². The maximum Gasteiger partial charge on any atom is 0.434 e. The molecular formula is C19H12F7N3O. The molecule has 0 aliphatic rings. The minimum atomic E-state index is -5.05. The molecule has 0 fully saturated rings. The van der Waals surface area contributed by atoms with Gasteiger partial charge in [0.15, 0.2) is 5.69 Å². The van der Waals surface area contributed by atoms with Crippen LogP contribution in [0.15, 0.2) is 54.7 Å². The van der Waals surface area contributed by atoms with Crippen molar-refractivity contribution in [2.45, 2.75) is 18.9 Å². The summed E-state index contributed by atoms with van der Waals surface area (Å²) in [6, 6.07) is 8.56. The molecule has 3 aromatic rings. The Morgan fingerprint density at radius 1 is 0.967 bits per heavy atom. The van der Waals surface area contributed by atoms with Crippen LogP contribution in [0.1, 0.15) is 27.2 Å². The molecule has 158 valence electrons. The van der Waals surface area contributed by atoms with Gasteiger partial charge in [-0.3, -0.25) is 4.79 Å². The molecule has 0 aliphatic carbocycles. The van der Waals surface area contributed by atoms with Gasteiger partial charge in [-0.2, -0.15) is 31.4 Å². The molecule has 11 heteroatoms. The number of amides is 1. The van der Waals surface area contributed by atoms with Crippen LogP contribution in [-0.2, 0) is 18.9 Å². The molecular weight excluding hydrogens is 419 g/mol. The van der Waals surface area contributed by atoms with Gasteiger partial charge in [-0.15, -0.1) is 0 Å². The van der Waals surface area contributed by atoms with Crippen molar-refractivity contribution >= 4 is 5.91 Å². The van der Waals surface area contributed by atoms with E-state index in [-0.39, 0.29) is 10.2 Å². The fourth-order valence-corrected chi connectivity index (χ4v) is 2.73. The van der Waals surface area contributed by atoms with Crippen LogP contribution < -0.4 is 5.32 Å². The second kappa shape index (κ2) is 7.81. The van der Waals surface area contributed by atoms with Gasteiger partial charge in [0.05, 0.1) is 17.3 Å². The minimum Gasteiger partial charge on any atom is -0.348 e. The molecule has 0 unspecified atom stereocenters. The molecule has 4 nitrogen and oxygen atoms in total. The molecule has 1 amide bonds. The fourth-order valence-electron chi connectivity index (χ4n) is 2.73. The van der Waals surface area contributed by atoms with Crippen LogP contribution in [0.25, 0.3) is 5.69 Å². The summed E-state index contributed by atoms with van der Waals surface area (Å²) in [5.74, 6) is -2.20. The lowest BCUT2D eigenvalue weighted by Crippen LogP contribution is -2.26. The molecule has 1 aromatic heterocycles. The molecule has 0 saturated carbocycles. The lowest BCUT2D eigenvalue weighted by Gasteiger charge is -2.13. The monoisotopic (exact) mass is 431 g/mol. The second-order valence-electron chi connectivity index (χ2n) is 6.15. The van der Waals surface area contributed by atoms with E-state index in [9.17, 15) is 35.5 Å². The number of carbonyl (C=O) groups excluding carboxylic acids is 1. The largest absolute Gasteiger partial charge is 0.434 e. The van der Waals surface area contributed by atoms with Crippen LogP contribution in [-0.4, -0.2) is 15.7 Å². The van der Waals surface area contributed by atoms with Crippen LogP contribution in [0.5, 0.6) is 0 Å². The molecule has 1 N–H and O–H groups in total. The quantitative estimate of drug-likeness (QED) is 0.593. The summed E-state index contributed by atoms with van der Waals surface area (Å²) >= 11 is 0. The first-order chi connectivity index (χ1) is 14.0. The van der Waals surface area contributed by atoms with Gasteiger partial charge in [-0.25, -0.2) is 9.07 Å². The summed E-state index contributed by atoms with van der Waals surface area (Å²) < 4.78 is 93.2. The highest BCUT2D eigenvalue weighted by atomic mass is 19.4. The highest BCUT2D eigenvalue weighted by Gasteiger charge is 2.41. The SMILES string of the molecule is O=C(NCc1cccc(C(F)(F)F)c1)c1cnn(-c2ccccc2F)c1C(F)(F)F. The Labute approximate surface area is 164 Å². The van der Waals surface area contributed by atoms with Crippen molar-refractivity contribution in [1.82, 2.24) is 15.1 Å². The summed E-state index contributed by atoms with van der Waals surface area (Å²) in [6.07, 6.45) is -9.04. The van der Waals surface area contributed by atoms with Gasteiger partial charge in [0.25, 0.3) is 5.91 Å². The van der Waals surface area contributed by atoms with E-state index in [0.29, 0.717) is 6.20 Å². The molecule has 0 bridgehead atoms. The van der Waals surface area contributed by atoms with Crippen LogP contribution in [0.4, 0.5) is 30.7 Å². The highest BCUT2D eigenvalue weighted by Crippen LogP contribution is 2.34. The summed E-state index contributed by atoms with van der Waals surface area (Å²) in [4.78, 5) is 12.3. The third kappa shape index (κ3) is 4.44. The Hall–Kier alpha value is -3.37. The van der Waals surface area contributed by atoms with Crippen LogP contribution >= 0.6 is 0 Å². The van der Waals surface area contributed by atoms with Crippen molar-refractivity contribution < 1.29 is 35.5 Å². The van der Waals surface area contributed by atoms with Crippen LogP contribution in [0.3, 0.4) is 0 Å². The van der Waals surface area contributed by atoms with Gasteiger partial charge >= 0.3 is 12.4 Å². The molecule has 0 spiro atoms. The van der Waals surface area contributed by atoms with E-state index in [1.165, 1.54) is 18.2 Å². The first-order valence-corrected chi connectivity index (χ1v) is 8.33. The zero-order valence-corrected chi connectivity index (χ0v) is 14.9. The normalized spacial score (nSPS) is 12.1. The lowest BCUT2D eigenvalue weighted by atomic mass is 10.1. The smallest absolute Gasteiger partial charge is 0.348 e. The fraction of sp³-hybridized carbons (Fsp3) is 0.158. The number of nitrogens with zero attached hydrogens (tertiary/aromatic N) is 2. The van der Waals surface area contributed by atoms with E-state index in [0.717, 1.165) is 30.3 Å². The van der Waals surface area contributed by atoms with Gasteiger partial charge in [-0.05, 0) is 29.8 Å². The Morgan fingerprint density at radius 2 is 1.67 bits per heavy atom. The first-order valence-electron chi connectivity index (χ1n) is 8.33. The van der Waals surface area contributed by atoms with E-state index in [2.05, 4.69) is 10.4 Å². The number of nitrogens with one attached hydrogen (secondary N) is 1. The molecule has 0 aliphatic heterocycles. The number of para-hydroxylation sites is 1. The zero-order chi connectivity index (χ0) is 22.1. The Balaban J connectivity index is 1.89. The van der Waals surface area contributed by atoms with Crippen molar-refractivity contribution in [3.8, 4) is 5.69 Å². The maximum absolute atomic E-state index is 13.9. The predicted octanol–water partition coefficient (Wildman–Crippen LogP) is 4.98. The van der Waals surface area contributed by atoms with Gasteiger partial charge in [0.2, 0.25) is 0 Å². The Kier molecular flexibility index (Phi) is 5.55. The molecule has 1 heterocycles. The standard InChI is InChI=1S/C19H12F7N3O/c20-14-6-1-2-7-15(14)29-16(19(24,25)26)13(10-28-29)17(30)27-9-11-4-3-5-12(8-11)18(21,22)23/h1-8,10H,9H2,(H,27,30). The average molecular weight is 431 g/mol. The predicted molar refractivity (Wildman–Crippen MR) is 91.1 cm³/mol.